The molecule has 0 bridgehead atoms. The van der Waals surface area contributed by atoms with Gasteiger partial charge in [-0.2, -0.15) is 0 Å². The van der Waals surface area contributed by atoms with Gasteiger partial charge in [0, 0.05) is 12.0 Å². The van der Waals surface area contributed by atoms with Gasteiger partial charge in [0.1, 0.15) is 0 Å². The zero-order valence-electron chi connectivity index (χ0n) is 13.9. The SMILES string of the molecule is CN[C@H]1CC[C@@H](c2ccc(Cl)c(Cl)c2)c2ccc(C(C)C)cc21. The van der Waals surface area contributed by atoms with Gasteiger partial charge in [0.05, 0.1) is 10.0 Å². The van der Waals surface area contributed by atoms with Gasteiger partial charge in [-0.05, 0) is 60.2 Å². The highest BCUT2D eigenvalue weighted by atomic mass is 35.5. The minimum Gasteiger partial charge on any atom is -0.313 e. The van der Waals surface area contributed by atoms with Gasteiger partial charge in [-0.15, -0.1) is 0 Å². The van der Waals surface area contributed by atoms with Crippen molar-refractivity contribution in [3.05, 3.63) is 68.7 Å². The number of fused-ring (bicyclic) bond motifs is 1. The lowest BCUT2D eigenvalue weighted by atomic mass is 9.75. The second kappa shape index (κ2) is 6.84. The molecule has 2 atom stereocenters. The van der Waals surface area contributed by atoms with Gasteiger partial charge in [-0.25, -0.2) is 0 Å². The highest BCUT2D eigenvalue weighted by molar-refractivity contribution is 6.42. The van der Waals surface area contributed by atoms with Gasteiger partial charge in [0.2, 0.25) is 0 Å². The number of nitrogens with one attached hydrogen (secondary N) is 1. The molecular formula is C20H23Cl2N. The van der Waals surface area contributed by atoms with Gasteiger partial charge >= 0.3 is 0 Å². The largest absolute Gasteiger partial charge is 0.313 e. The maximum absolute atomic E-state index is 6.24. The summed E-state index contributed by atoms with van der Waals surface area (Å²) in [6.07, 6.45) is 2.26. The predicted molar refractivity (Wildman–Crippen MR) is 99.9 cm³/mol. The van der Waals surface area contributed by atoms with Crippen molar-refractivity contribution < 1.29 is 0 Å². The monoisotopic (exact) mass is 347 g/mol. The maximum Gasteiger partial charge on any atom is 0.0595 e. The highest BCUT2D eigenvalue weighted by Gasteiger charge is 2.28. The van der Waals surface area contributed by atoms with Crippen molar-refractivity contribution in [1.82, 2.24) is 5.32 Å². The summed E-state index contributed by atoms with van der Waals surface area (Å²) >= 11 is 12.3. The number of halogens is 2. The zero-order valence-corrected chi connectivity index (χ0v) is 15.4. The van der Waals surface area contributed by atoms with Crippen LogP contribution in [0.3, 0.4) is 0 Å². The normalized spacial score (nSPS) is 20.6. The molecule has 0 aromatic heterocycles. The van der Waals surface area contributed by atoms with Crippen molar-refractivity contribution in [3.8, 4) is 0 Å². The molecule has 2 aromatic rings. The van der Waals surface area contributed by atoms with Crippen molar-refractivity contribution in [3.63, 3.8) is 0 Å². The van der Waals surface area contributed by atoms with Gasteiger partial charge < -0.3 is 5.32 Å². The van der Waals surface area contributed by atoms with Crippen molar-refractivity contribution in [2.45, 2.75) is 44.6 Å². The lowest BCUT2D eigenvalue weighted by molar-refractivity contribution is 0.470. The van der Waals surface area contributed by atoms with Crippen LogP contribution in [-0.2, 0) is 0 Å². The van der Waals surface area contributed by atoms with Crippen molar-refractivity contribution in [2.24, 2.45) is 0 Å². The van der Waals surface area contributed by atoms with Crippen molar-refractivity contribution in [1.29, 1.82) is 0 Å². The second-order valence-corrected chi connectivity index (χ2v) is 7.50. The molecular weight excluding hydrogens is 325 g/mol. The molecule has 0 saturated heterocycles. The van der Waals surface area contributed by atoms with Crippen LogP contribution in [0.25, 0.3) is 0 Å². The van der Waals surface area contributed by atoms with E-state index in [2.05, 4.69) is 50.5 Å². The summed E-state index contributed by atoms with van der Waals surface area (Å²) in [5.74, 6) is 0.939. The number of hydrogen-bond donors (Lipinski definition) is 1. The molecule has 0 heterocycles. The van der Waals surface area contributed by atoms with Crippen LogP contribution in [0.4, 0.5) is 0 Å². The molecule has 0 aliphatic heterocycles. The predicted octanol–water partition coefficient (Wildman–Crippen LogP) is 6.30. The molecule has 23 heavy (non-hydrogen) atoms. The van der Waals surface area contributed by atoms with Crippen LogP contribution in [-0.4, -0.2) is 7.05 Å². The van der Waals surface area contributed by atoms with E-state index < -0.39 is 0 Å². The Morgan fingerprint density at radius 3 is 2.39 bits per heavy atom. The topological polar surface area (TPSA) is 12.0 Å². The molecule has 0 radical (unpaired) electrons. The van der Waals surface area contributed by atoms with Crippen LogP contribution in [0, 0.1) is 0 Å². The first-order valence-electron chi connectivity index (χ1n) is 8.27. The summed E-state index contributed by atoms with van der Waals surface area (Å²) in [7, 11) is 2.05. The Morgan fingerprint density at radius 1 is 0.957 bits per heavy atom. The highest BCUT2D eigenvalue weighted by Crippen LogP contribution is 2.43. The van der Waals surface area contributed by atoms with E-state index in [1.807, 2.05) is 12.1 Å². The molecule has 0 amide bonds. The van der Waals surface area contributed by atoms with E-state index in [1.165, 1.54) is 22.3 Å². The molecule has 3 heteroatoms. The molecule has 1 nitrogen and oxygen atoms in total. The first-order valence-corrected chi connectivity index (χ1v) is 9.02. The Balaban J connectivity index is 2.07. The van der Waals surface area contributed by atoms with E-state index in [9.17, 15) is 0 Å². The number of rotatable bonds is 3. The average molecular weight is 348 g/mol. The summed E-state index contributed by atoms with van der Waals surface area (Å²) in [5.41, 5.74) is 5.51. The van der Waals surface area contributed by atoms with Crippen molar-refractivity contribution in [2.75, 3.05) is 7.05 Å². The van der Waals surface area contributed by atoms with Crippen LogP contribution in [0.1, 0.15) is 66.8 Å². The zero-order chi connectivity index (χ0) is 16.6. The molecule has 1 aliphatic rings. The van der Waals surface area contributed by atoms with Crippen LogP contribution >= 0.6 is 23.2 Å². The van der Waals surface area contributed by atoms with Gasteiger partial charge in [-0.1, -0.05) is 61.3 Å². The van der Waals surface area contributed by atoms with Crippen LogP contribution in [0.2, 0.25) is 10.0 Å². The molecule has 0 spiro atoms. The molecule has 3 rings (SSSR count). The Labute approximate surface area is 149 Å². The van der Waals surface area contributed by atoms with E-state index >= 15 is 0 Å². The lowest BCUT2D eigenvalue weighted by Crippen LogP contribution is -2.24. The fourth-order valence-electron chi connectivity index (χ4n) is 3.59. The maximum atomic E-state index is 6.24. The van der Waals surface area contributed by atoms with Gasteiger partial charge in [-0.3, -0.25) is 0 Å². The molecule has 2 aromatic carbocycles. The minimum absolute atomic E-state index is 0.394. The molecule has 0 fully saturated rings. The number of hydrogen-bond acceptors (Lipinski definition) is 1. The van der Waals surface area contributed by atoms with Crippen LogP contribution in [0.5, 0.6) is 0 Å². The van der Waals surface area contributed by atoms with Gasteiger partial charge in [0.25, 0.3) is 0 Å². The summed E-state index contributed by atoms with van der Waals surface area (Å²) in [4.78, 5) is 0. The summed E-state index contributed by atoms with van der Waals surface area (Å²) in [6.45, 7) is 4.49. The van der Waals surface area contributed by atoms with Gasteiger partial charge in [0.15, 0.2) is 0 Å². The van der Waals surface area contributed by atoms with E-state index in [1.54, 1.807) is 0 Å². The first-order chi connectivity index (χ1) is 11.0. The minimum atomic E-state index is 0.394. The van der Waals surface area contributed by atoms with Crippen LogP contribution in [0.15, 0.2) is 36.4 Å². The van der Waals surface area contributed by atoms with E-state index in [-0.39, 0.29) is 0 Å². The second-order valence-electron chi connectivity index (χ2n) is 6.69. The molecule has 0 saturated carbocycles. The third-order valence-electron chi connectivity index (χ3n) is 4.97. The lowest BCUT2D eigenvalue weighted by Gasteiger charge is -2.32. The summed E-state index contributed by atoms with van der Waals surface area (Å²) in [5, 5.41) is 4.73. The van der Waals surface area contributed by atoms with E-state index in [0.29, 0.717) is 27.9 Å². The molecule has 122 valence electrons. The molecule has 1 aliphatic carbocycles. The average Bonchev–Trinajstić information content (AvgIpc) is 2.55. The smallest absolute Gasteiger partial charge is 0.0595 e. The Bertz CT molecular complexity index is 709. The third kappa shape index (κ3) is 3.28. The Kier molecular flexibility index (Phi) is 5.01. The summed E-state index contributed by atoms with van der Waals surface area (Å²) < 4.78 is 0. The summed E-state index contributed by atoms with van der Waals surface area (Å²) in [6, 6.07) is 13.4. The number of benzene rings is 2. The molecule has 0 unspecified atom stereocenters. The first kappa shape index (κ1) is 16.8. The Morgan fingerprint density at radius 2 is 1.74 bits per heavy atom. The van der Waals surface area contributed by atoms with Crippen molar-refractivity contribution >= 4 is 23.2 Å². The quantitative estimate of drug-likeness (QED) is 0.686. The van der Waals surface area contributed by atoms with E-state index in [0.717, 1.165) is 12.8 Å². The van der Waals surface area contributed by atoms with E-state index in [4.69, 9.17) is 23.2 Å². The third-order valence-corrected chi connectivity index (χ3v) is 5.71. The Hall–Kier alpha value is -1.02. The fraction of sp³-hybridized carbons (Fsp3) is 0.400. The molecule has 1 N–H and O–H groups in total. The standard InChI is InChI=1S/C20H23Cl2N/c1-12(2)13-4-6-16-15(7-9-20(23-3)17(16)10-13)14-5-8-18(21)19(22)11-14/h4-6,8,10-12,15,20,23H,7,9H2,1-3H3/t15-,20-/m0/s1. The fourth-order valence-corrected chi connectivity index (χ4v) is 3.90. The van der Waals surface area contributed by atoms with Crippen LogP contribution < -0.4 is 5.32 Å².